The van der Waals surface area contributed by atoms with Crippen molar-refractivity contribution in [2.75, 3.05) is 6.61 Å². The Morgan fingerprint density at radius 3 is 2.52 bits per heavy atom. The summed E-state index contributed by atoms with van der Waals surface area (Å²) in [7, 11) is 0. The van der Waals surface area contributed by atoms with Gasteiger partial charge in [0.05, 0.1) is 6.04 Å². The van der Waals surface area contributed by atoms with Gasteiger partial charge in [0.25, 0.3) is 5.91 Å². The molecule has 1 N–H and O–H groups in total. The smallest absolute Gasteiger partial charge is 0.258 e. The average Bonchev–Trinajstić information content (AvgIpc) is 2.47. The van der Waals surface area contributed by atoms with Crippen LogP contribution in [0.15, 0.2) is 48.5 Å². The largest absolute Gasteiger partial charge is 0.484 e. The first-order valence-corrected chi connectivity index (χ1v) is 7.17. The van der Waals surface area contributed by atoms with E-state index in [1.807, 2.05) is 62.4 Å². The zero-order valence-corrected chi connectivity index (χ0v) is 12.9. The van der Waals surface area contributed by atoms with E-state index in [2.05, 4.69) is 5.32 Å². The Balaban J connectivity index is 1.87. The molecule has 0 radical (unpaired) electrons. The van der Waals surface area contributed by atoms with Crippen LogP contribution in [-0.4, -0.2) is 12.5 Å². The zero-order valence-electron chi connectivity index (χ0n) is 12.1. The van der Waals surface area contributed by atoms with Crippen LogP contribution in [-0.2, 0) is 4.79 Å². The molecule has 0 bridgehead atoms. The number of halogens is 1. The number of carbonyl (C=O) groups is 1. The number of carbonyl (C=O) groups excluding carboxylic acids is 1. The molecule has 2 aromatic rings. The maximum Gasteiger partial charge on any atom is 0.258 e. The summed E-state index contributed by atoms with van der Waals surface area (Å²) in [6, 6.07) is 14.9. The Bertz CT molecular complexity index is 610. The molecule has 0 aliphatic carbocycles. The molecule has 0 aliphatic rings. The minimum atomic E-state index is -0.178. The van der Waals surface area contributed by atoms with Gasteiger partial charge in [-0.1, -0.05) is 47.5 Å². The third kappa shape index (κ3) is 4.50. The van der Waals surface area contributed by atoms with Crippen molar-refractivity contribution in [3.8, 4) is 5.75 Å². The summed E-state index contributed by atoms with van der Waals surface area (Å²) in [5, 5.41) is 3.51. The van der Waals surface area contributed by atoms with E-state index in [1.54, 1.807) is 0 Å². The molecule has 0 aliphatic heterocycles. The van der Waals surface area contributed by atoms with Crippen molar-refractivity contribution in [1.82, 2.24) is 5.32 Å². The van der Waals surface area contributed by atoms with E-state index in [4.69, 9.17) is 16.3 Å². The van der Waals surface area contributed by atoms with Crippen molar-refractivity contribution in [3.63, 3.8) is 0 Å². The highest BCUT2D eigenvalue weighted by Gasteiger charge is 2.12. The number of rotatable bonds is 5. The van der Waals surface area contributed by atoms with Crippen LogP contribution in [0, 0.1) is 6.92 Å². The lowest BCUT2D eigenvalue weighted by Crippen LogP contribution is -2.31. The van der Waals surface area contributed by atoms with Crippen LogP contribution < -0.4 is 10.1 Å². The van der Waals surface area contributed by atoms with E-state index in [0.717, 1.165) is 11.1 Å². The molecule has 21 heavy (non-hydrogen) atoms. The van der Waals surface area contributed by atoms with Gasteiger partial charge in [0, 0.05) is 5.02 Å². The van der Waals surface area contributed by atoms with Gasteiger partial charge < -0.3 is 10.1 Å². The van der Waals surface area contributed by atoms with E-state index < -0.39 is 0 Å². The third-order valence-corrected chi connectivity index (χ3v) is 3.48. The lowest BCUT2D eigenvalue weighted by molar-refractivity contribution is -0.123. The molecule has 1 unspecified atom stereocenters. The van der Waals surface area contributed by atoms with Gasteiger partial charge in [0.15, 0.2) is 6.61 Å². The Hall–Kier alpha value is -2.00. The lowest BCUT2D eigenvalue weighted by Gasteiger charge is -2.16. The van der Waals surface area contributed by atoms with Crippen LogP contribution in [0.5, 0.6) is 5.75 Å². The van der Waals surface area contributed by atoms with Gasteiger partial charge in [-0.15, -0.1) is 0 Å². The maximum atomic E-state index is 11.9. The summed E-state index contributed by atoms with van der Waals surface area (Å²) in [5.41, 5.74) is 2.04. The fraction of sp³-hybridized carbons (Fsp3) is 0.235. The molecule has 2 rings (SSSR count). The minimum Gasteiger partial charge on any atom is -0.484 e. The number of hydrogen-bond donors (Lipinski definition) is 1. The highest BCUT2D eigenvalue weighted by molar-refractivity contribution is 6.31. The van der Waals surface area contributed by atoms with E-state index in [-0.39, 0.29) is 18.6 Å². The average molecular weight is 304 g/mol. The van der Waals surface area contributed by atoms with E-state index in [9.17, 15) is 4.79 Å². The number of amides is 1. The summed E-state index contributed by atoms with van der Waals surface area (Å²) < 4.78 is 5.44. The monoisotopic (exact) mass is 303 g/mol. The first-order valence-electron chi connectivity index (χ1n) is 6.79. The second-order valence-electron chi connectivity index (χ2n) is 4.91. The van der Waals surface area contributed by atoms with Crippen LogP contribution >= 0.6 is 11.6 Å². The Labute approximate surface area is 129 Å². The summed E-state index contributed by atoms with van der Waals surface area (Å²) in [4.78, 5) is 11.9. The van der Waals surface area contributed by atoms with Crippen molar-refractivity contribution in [2.24, 2.45) is 0 Å². The molecule has 0 fully saturated rings. The van der Waals surface area contributed by atoms with E-state index >= 15 is 0 Å². The van der Waals surface area contributed by atoms with Gasteiger partial charge in [0.2, 0.25) is 0 Å². The topological polar surface area (TPSA) is 38.3 Å². The van der Waals surface area contributed by atoms with Gasteiger partial charge in [-0.3, -0.25) is 4.79 Å². The normalized spacial score (nSPS) is 11.8. The molecule has 3 nitrogen and oxygen atoms in total. The number of hydrogen-bond acceptors (Lipinski definition) is 2. The molecule has 1 amide bonds. The first-order chi connectivity index (χ1) is 10.1. The standard InChI is InChI=1S/C17H18ClNO2/c1-12-7-9-14(10-8-12)21-11-17(20)19-13(2)15-5-3-4-6-16(15)18/h3-10,13H,11H2,1-2H3,(H,19,20). The zero-order chi connectivity index (χ0) is 15.2. The van der Waals surface area contributed by atoms with E-state index in [0.29, 0.717) is 10.8 Å². The van der Waals surface area contributed by atoms with Crippen molar-refractivity contribution in [1.29, 1.82) is 0 Å². The molecule has 110 valence electrons. The van der Waals surface area contributed by atoms with Gasteiger partial charge in [-0.25, -0.2) is 0 Å². The summed E-state index contributed by atoms with van der Waals surface area (Å²) in [6.45, 7) is 3.88. The predicted octanol–water partition coefficient (Wildman–Crippen LogP) is 3.90. The third-order valence-electron chi connectivity index (χ3n) is 3.14. The van der Waals surface area contributed by atoms with Gasteiger partial charge in [-0.05, 0) is 37.6 Å². The Morgan fingerprint density at radius 1 is 1.19 bits per heavy atom. The quantitative estimate of drug-likeness (QED) is 0.909. The Kier molecular flexibility index (Phi) is 5.23. The molecular weight excluding hydrogens is 286 g/mol. The highest BCUT2D eigenvalue weighted by Crippen LogP contribution is 2.22. The molecule has 4 heteroatoms. The summed E-state index contributed by atoms with van der Waals surface area (Å²) >= 11 is 6.11. The number of nitrogens with one attached hydrogen (secondary N) is 1. The van der Waals surface area contributed by atoms with Crippen molar-refractivity contribution in [2.45, 2.75) is 19.9 Å². The second-order valence-corrected chi connectivity index (χ2v) is 5.32. The van der Waals surface area contributed by atoms with Gasteiger partial charge in [-0.2, -0.15) is 0 Å². The predicted molar refractivity (Wildman–Crippen MR) is 84.7 cm³/mol. The van der Waals surface area contributed by atoms with Crippen LogP contribution in [0.3, 0.4) is 0 Å². The molecule has 2 aromatic carbocycles. The number of ether oxygens (including phenoxy) is 1. The molecule has 0 saturated heterocycles. The second kappa shape index (κ2) is 7.14. The molecule has 0 heterocycles. The van der Waals surface area contributed by atoms with Crippen molar-refractivity contribution in [3.05, 3.63) is 64.7 Å². The van der Waals surface area contributed by atoms with Gasteiger partial charge in [0.1, 0.15) is 5.75 Å². The SMILES string of the molecule is Cc1ccc(OCC(=O)NC(C)c2ccccc2Cl)cc1. The minimum absolute atomic E-state index is 0.0160. The van der Waals surface area contributed by atoms with Gasteiger partial charge >= 0.3 is 0 Å². The summed E-state index contributed by atoms with van der Waals surface area (Å²) in [6.07, 6.45) is 0. The van der Waals surface area contributed by atoms with Crippen LogP contribution in [0.25, 0.3) is 0 Å². The fourth-order valence-corrected chi connectivity index (χ4v) is 2.27. The first kappa shape index (κ1) is 15.4. The lowest BCUT2D eigenvalue weighted by atomic mass is 10.1. The fourth-order valence-electron chi connectivity index (χ4n) is 1.97. The highest BCUT2D eigenvalue weighted by atomic mass is 35.5. The van der Waals surface area contributed by atoms with Crippen LogP contribution in [0.2, 0.25) is 5.02 Å². The Morgan fingerprint density at radius 2 is 1.86 bits per heavy atom. The number of aryl methyl sites for hydroxylation is 1. The molecular formula is C17H18ClNO2. The van der Waals surface area contributed by atoms with Crippen molar-refractivity contribution < 1.29 is 9.53 Å². The van der Waals surface area contributed by atoms with Crippen LogP contribution in [0.4, 0.5) is 0 Å². The molecule has 0 aromatic heterocycles. The van der Waals surface area contributed by atoms with E-state index in [1.165, 1.54) is 0 Å². The number of benzene rings is 2. The molecule has 0 spiro atoms. The summed E-state index contributed by atoms with van der Waals surface area (Å²) in [5.74, 6) is 0.504. The molecule has 0 saturated carbocycles. The molecule has 1 atom stereocenters. The maximum absolute atomic E-state index is 11.9. The van der Waals surface area contributed by atoms with Crippen LogP contribution in [0.1, 0.15) is 24.1 Å². The van der Waals surface area contributed by atoms with Crippen molar-refractivity contribution >= 4 is 17.5 Å².